The Balaban J connectivity index is 3.11. The van der Waals surface area contributed by atoms with Crippen molar-refractivity contribution in [2.45, 2.75) is 5.67 Å². The normalized spacial score (nSPS) is 14.9. The predicted octanol–water partition coefficient (Wildman–Crippen LogP) is 0.928. The smallest absolute Gasteiger partial charge is 0.348 e. The molecule has 0 radical (unpaired) electrons. The molecular formula is C9H9FO3. The van der Waals surface area contributed by atoms with Crippen LogP contribution < -0.4 is 0 Å². The van der Waals surface area contributed by atoms with Gasteiger partial charge in [0, 0.05) is 5.56 Å². The molecule has 0 aliphatic carbocycles. The molecule has 1 rings (SSSR count). The average Bonchev–Trinajstić information content (AvgIpc) is 2.17. The summed E-state index contributed by atoms with van der Waals surface area (Å²) in [6.45, 7) is -1.06. The summed E-state index contributed by atoms with van der Waals surface area (Å²) in [5.74, 6) is -1.68. The number of hydrogen-bond acceptors (Lipinski definition) is 2. The first-order valence-electron chi connectivity index (χ1n) is 3.70. The number of carboxylic acids is 1. The van der Waals surface area contributed by atoms with E-state index in [9.17, 15) is 9.18 Å². The Morgan fingerprint density at radius 3 is 2.31 bits per heavy atom. The lowest BCUT2D eigenvalue weighted by Gasteiger charge is -2.17. The van der Waals surface area contributed by atoms with E-state index in [1.807, 2.05) is 0 Å². The van der Waals surface area contributed by atoms with E-state index in [4.69, 9.17) is 10.2 Å². The van der Waals surface area contributed by atoms with Crippen LogP contribution in [0, 0.1) is 0 Å². The van der Waals surface area contributed by atoms with Gasteiger partial charge in [-0.05, 0) is 0 Å². The summed E-state index contributed by atoms with van der Waals surface area (Å²) in [5, 5.41) is 17.2. The van der Waals surface area contributed by atoms with Gasteiger partial charge in [0.15, 0.2) is 0 Å². The average molecular weight is 184 g/mol. The van der Waals surface area contributed by atoms with Crippen molar-refractivity contribution < 1.29 is 19.4 Å². The minimum Gasteiger partial charge on any atom is -0.479 e. The Kier molecular flexibility index (Phi) is 2.63. The van der Waals surface area contributed by atoms with Gasteiger partial charge in [-0.1, -0.05) is 30.3 Å². The Hall–Kier alpha value is -1.42. The maximum atomic E-state index is 13.5. The molecule has 0 heterocycles. The summed E-state index contributed by atoms with van der Waals surface area (Å²) in [6, 6.07) is 7.32. The molecule has 1 unspecified atom stereocenters. The van der Waals surface area contributed by atoms with Crippen LogP contribution in [0.15, 0.2) is 30.3 Å². The van der Waals surface area contributed by atoms with E-state index in [1.54, 1.807) is 6.07 Å². The molecule has 4 heteroatoms. The highest BCUT2D eigenvalue weighted by Gasteiger charge is 2.39. The van der Waals surface area contributed by atoms with Gasteiger partial charge in [-0.3, -0.25) is 0 Å². The van der Waals surface area contributed by atoms with Crippen LogP contribution in [-0.2, 0) is 10.5 Å². The molecule has 0 aliphatic rings. The van der Waals surface area contributed by atoms with Crippen molar-refractivity contribution >= 4 is 5.97 Å². The van der Waals surface area contributed by atoms with E-state index < -0.39 is 18.2 Å². The summed E-state index contributed by atoms with van der Waals surface area (Å²) in [4.78, 5) is 10.5. The van der Waals surface area contributed by atoms with E-state index in [-0.39, 0.29) is 5.56 Å². The van der Waals surface area contributed by atoms with Crippen molar-refractivity contribution in [3.8, 4) is 0 Å². The molecule has 0 bridgehead atoms. The fourth-order valence-corrected chi connectivity index (χ4v) is 0.985. The summed E-state index contributed by atoms with van der Waals surface area (Å²) < 4.78 is 13.5. The van der Waals surface area contributed by atoms with E-state index in [1.165, 1.54) is 24.3 Å². The highest BCUT2D eigenvalue weighted by Crippen LogP contribution is 2.25. The minimum atomic E-state index is -2.69. The second-order valence-electron chi connectivity index (χ2n) is 2.63. The number of aliphatic carboxylic acids is 1. The highest BCUT2D eigenvalue weighted by molar-refractivity contribution is 5.79. The van der Waals surface area contributed by atoms with Gasteiger partial charge in [-0.2, -0.15) is 0 Å². The maximum Gasteiger partial charge on any atom is 0.348 e. The van der Waals surface area contributed by atoms with E-state index in [0.29, 0.717) is 0 Å². The summed E-state index contributed by atoms with van der Waals surface area (Å²) >= 11 is 0. The number of alkyl halides is 1. The number of hydrogen-bond donors (Lipinski definition) is 2. The molecule has 1 aromatic carbocycles. The van der Waals surface area contributed by atoms with Gasteiger partial charge in [0.25, 0.3) is 5.67 Å². The highest BCUT2D eigenvalue weighted by atomic mass is 19.1. The van der Waals surface area contributed by atoms with Crippen LogP contribution in [0.3, 0.4) is 0 Å². The Morgan fingerprint density at radius 1 is 1.38 bits per heavy atom. The van der Waals surface area contributed by atoms with Gasteiger partial charge in [-0.25, -0.2) is 9.18 Å². The molecule has 0 aromatic heterocycles. The third kappa shape index (κ3) is 1.67. The molecule has 13 heavy (non-hydrogen) atoms. The van der Waals surface area contributed by atoms with Crippen LogP contribution in [0.1, 0.15) is 5.56 Å². The molecule has 1 aromatic rings. The van der Waals surface area contributed by atoms with Gasteiger partial charge in [0.1, 0.15) is 0 Å². The second-order valence-corrected chi connectivity index (χ2v) is 2.63. The number of rotatable bonds is 3. The molecule has 0 saturated heterocycles. The topological polar surface area (TPSA) is 57.5 Å². The summed E-state index contributed by atoms with van der Waals surface area (Å²) in [5.41, 5.74) is -2.74. The zero-order valence-electron chi connectivity index (χ0n) is 6.77. The number of aliphatic hydroxyl groups excluding tert-OH is 1. The van der Waals surface area contributed by atoms with Gasteiger partial charge in [0.2, 0.25) is 0 Å². The van der Waals surface area contributed by atoms with Crippen LogP contribution in [0.25, 0.3) is 0 Å². The zero-order valence-corrected chi connectivity index (χ0v) is 6.77. The standard InChI is InChI=1S/C9H9FO3/c10-9(6-11,8(12)13)7-4-2-1-3-5-7/h1-5,11H,6H2,(H,12,13). The van der Waals surface area contributed by atoms with E-state index >= 15 is 0 Å². The van der Waals surface area contributed by atoms with Crippen LogP contribution in [0.2, 0.25) is 0 Å². The lowest BCUT2D eigenvalue weighted by molar-refractivity contribution is -0.154. The van der Waals surface area contributed by atoms with Crippen molar-refractivity contribution in [2.75, 3.05) is 6.61 Å². The second kappa shape index (κ2) is 3.53. The van der Waals surface area contributed by atoms with Crippen molar-refractivity contribution in [1.82, 2.24) is 0 Å². The van der Waals surface area contributed by atoms with Crippen LogP contribution in [0.4, 0.5) is 4.39 Å². The number of carbonyl (C=O) groups is 1. The fraction of sp³-hybridized carbons (Fsp3) is 0.222. The van der Waals surface area contributed by atoms with Crippen LogP contribution in [0.5, 0.6) is 0 Å². The third-order valence-electron chi connectivity index (χ3n) is 1.79. The first-order chi connectivity index (χ1) is 6.11. The quantitative estimate of drug-likeness (QED) is 0.734. The Bertz CT molecular complexity index is 299. The number of benzene rings is 1. The van der Waals surface area contributed by atoms with E-state index in [0.717, 1.165) is 0 Å². The predicted molar refractivity (Wildman–Crippen MR) is 43.9 cm³/mol. The first kappa shape index (κ1) is 9.67. The molecule has 1 atom stereocenters. The maximum absolute atomic E-state index is 13.5. The monoisotopic (exact) mass is 184 g/mol. The molecule has 0 amide bonds. The third-order valence-corrected chi connectivity index (χ3v) is 1.79. The van der Waals surface area contributed by atoms with Gasteiger partial charge in [-0.15, -0.1) is 0 Å². The van der Waals surface area contributed by atoms with Gasteiger partial charge < -0.3 is 10.2 Å². The lowest BCUT2D eigenvalue weighted by atomic mass is 9.97. The molecule has 2 N–H and O–H groups in total. The summed E-state index contributed by atoms with van der Waals surface area (Å²) in [7, 11) is 0. The molecule has 70 valence electrons. The molecular weight excluding hydrogens is 175 g/mol. The Labute approximate surface area is 74.4 Å². The van der Waals surface area contributed by atoms with Crippen molar-refractivity contribution in [1.29, 1.82) is 0 Å². The summed E-state index contributed by atoms with van der Waals surface area (Å²) in [6.07, 6.45) is 0. The Morgan fingerprint density at radius 2 is 1.92 bits per heavy atom. The van der Waals surface area contributed by atoms with Gasteiger partial charge in [0.05, 0.1) is 6.61 Å². The van der Waals surface area contributed by atoms with Crippen molar-refractivity contribution in [2.24, 2.45) is 0 Å². The first-order valence-corrected chi connectivity index (χ1v) is 3.70. The molecule has 0 spiro atoms. The van der Waals surface area contributed by atoms with Gasteiger partial charge >= 0.3 is 5.97 Å². The number of carboxylic acid groups (broad SMARTS) is 1. The molecule has 0 aliphatic heterocycles. The molecule has 0 saturated carbocycles. The lowest BCUT2D eigenvalue weighted by Crippen LogP contribution is -2.34. The van der Waals surface area contributed by atoms with Crippen LogP contribution in [-0.4, -0.2) is 22.8 Å². The zero-order chi connectivity index (χ0) is 9.90. The van der Waals surface area contributed by atoms with Crippen LogP contribution >= 0.6 is 0 Å². The molecule has 3 nitrogen and oxygen atoms in total. The van der Waals surface area contributed by atoms with E-state index in [2.05, 4.69) is 0 Å². The fourth-order valence-electron chi connectivity index (χ4n) is 0.985. The minimum absolute atomic E-state index is 0.0509. The van der Waals surface area contributed by atoms with Crippen molar-refractivity contribution in [3.63, 3.8) is 0 Å². The SMILES string of the molecule is O=C(O)C(F)(CO)c1ccccc1. The largest absolute Gasteiger partial charge is 0.479 e. The molecule has 0 fully saturated rings. The number of halogens is 1. The number of aliphatic hydroxyl groups is 1. The van der Waals surface area contributed by atoms with Crippen molar-refractivity contribution in [3.05, 3.63) is 35.9 Å².